The second-order valence-corrected chi connectivity index (χ2v) is 10.2. The molecule has 2 aromatic carbocycles. The van der Waals surface area contributed by atoms with Crippen LogP contribution in [0, 0.1) is 0 Å². The molecule has 0 N–H and O–H groups in total. The molecule has 2 saturated heterocycles. The van der Waals surface area contributed by atoms with Crippen LogP contribution in [-0.2, 0) is 29.2 Å². The molecule has 2 bridgehead atoms. The zero-order valence-corrected chi connectivity index (χ0v) is 20.3. The highest BCUT2D eigenvalue weighted by Gasteiger charge is 2.84. The van der Waals surface area contributed by atoms with E-state index in [2.05, 4.69) is 0 Å². The summed E-state index contributed by atoms with van der Waals surface area (Å²) < 4.78 is 36.6. The molecule has 36 heavy (non-hydrogen) atoms. The largest absolute Gasteiger partial charge is 0.456 e. The van der Waals surface area contributed by atoms with Gasteiger partial charge in [-0.2, -0.15) is 0 Å². The van der Waals surface area contributed by atoms with Crippen LogP contribution >= 0.6 is 0 Å². The number of benzene rings is 2. The van der Waals surface area contributed by atoms with Crippen molar-refractivity contribution in [2.24, 2.45) is 0 Å². The molecule has 9 nitrogen and oxygen atoms in total. The van der Waals surface area contributed by atoms with Crippen LogP contribution in [0.25, 0.3) is 0 Å². The van der Waals surface area contributed by atoms with Crippen LogP contribution < -0.4 is 9.47 Å². The Morgan fingerprint density at radius 1 is 1.08 bits per heavy atom. The Labute approximate surface area is 208 Å². The van der Waals surface area contributed by atoms with Gasteiger partial charge < -0.3 is 33.3 Å². The molecular weight excluding hydrogens is 466 g/mol. The highest BCUT2D eigenvalue weighted by atomic mass is 16.7. The van der Waals surface area contributed by atoms with Crippen LogP contribution in [0.2, 0.25) is 0 Å². The summed E-state index contributed by atoms with van der Waals surface area (Å²) in [7, 11) is 4.94. The summed E-state index contributed by atoms with van der Waals surface area (Å²) in [5, 5.41) is 0. The quantitative estimate of drug-likeness (QED) is 0.601. The van der Waals surface area contributed by atoms with E-state index in [1.807, 2.05) is 25.2 Å². The number of ether oxygens (including phenoxy) is 6. The smallest absolute Gasteiger partial charge is 0.338 e. The molecule has 6 unspecified atom stereocenters. The number of nitrogens with zero attached hydrogens (tertiary/aromatic N) is 1. The van der Waals surface area contributed by atoms with Gasteiger partial charge in [0.25, 0.3) is 0 Å². The first-order valence-electron chi connectivity index (χ1n) is 12.1. The third-order valence-electron chi connectivity index (χ3n) is 9.06. The van der Waals surface area contributed by atoms with E-state index in [-0.39, 0.29) is 25.2 Å². The molecule has 3 heterocycles. The zero-order valence-electron chi connectivity index (χ0n) is 20.3. The lowest BCUT2D eigenvalue weighted by molar-refractivity contribution is -0.338. The van der Waals surface area contributed by atoms with E-state index in [0.29, 0.717) is 29.9 Å². The van der Waals surface area contributed by atoms with Crippen LogP contribution in [0.3, 0.4) is 0 Å². The predicted octanol–water partition coefficient (Wildman–Crippen LogP) is 2.72. The summed E-state index contributed by atoms with van der Waals surface area (Å²) in [4.78, 5) is 28.5. The molecule has 1 saturated carbocycles. The molecule has 7 rings (SSSR count). The number of methoxy groups -OCH3 is 2. The fourth-order valence-electron chi connectivity index (χ4n) is 7.72. The number of carbonyl (C=O) groups is 2. The van der Waals surface area contributed by atoms with Crippen molar-refractivity contribution in [1.29, 1.82) is 0 Å². The van der Waals surface area contributed by atoms with Crippen molar-refractivity contribution in [2.75, 3.05) is 28.1 Å². The number of carbonyl (C=O) groups excluding carboxylic acids is 2. The van der Waals surface area contributed by atoms with Crippen molar-refractivity contribution in [3.8, 4) is 11.5 Å². The second-order valence-electron chi connectivity index (χ2n) is 10.2. The molecule has 9 heteroatoms. The van der Waals surface area contributed by atoms with Gasteiger partial charge in [-0.1, -0.05) is 18.2 Å². The Hall–Kier alpha value is -3.14. The topological polar surface area (TPSA) is 92.8 Å². The van der Waals surface area contributed by atoms with Gasteiger partial charge in [-0.15, -0.1) is 0 Å². The highest BCUT2D eigenvalue weighted by molar-refractivity contribution is 5.89. The van der Waals surface area contributed by atoms with E-state index in [0.717, 1.165) is 11.1 Å². The minimum absolute atomic E-state index is 0.0175. The SMILES string of the molecule is COC1C(OC(=O)c2ccccc2)CC23CC(=O)N(C)C24CC(OC14OC)c1cc2c(cc13)OCO2. The molecule has 6 atom stereocenters. The van der Waals surface area contributed by atoms with Gasteiger partial charge >= 0.3 is 5.97 Å². The number of rotatable bonds is 4. The first-order valence-corrected chi connectivity index (χ1v) is 12.1. The van der Waals surface area contributed by atoms with Gasteiger partial charge in [0.15, 0.2) is 17.6 Å². The number of likely N-dealkylation sites (N-methyl/N-ethyl adjacent to an activating group) is 1. The number of hydrogen-bond donors (Lipinski definition) is 0. The Balaban J connectivity index is 1.44. The third kappa shape index (κ3) is 2.37. The number of amides is 1. The maximum absolute atomic E-state index is 13.5. The minimum Gasteiger partial charge on any atom is -0.456 e. The maximum atomic E-state index is 13.5. The van der Waals surface area contributed by atoms with E-state index in [4.69, 9.17) is 28.4 Å². The van der Waals surface area contributed by atoms with Crippen LogP contribution in [-0.4, -0.2) is 68.4 Å². The normalized spacial score (nSPS) is 37.0. The number of fused-ring (bicyclic) bond motifs is 4. The van der Waals surface area contributed by atoms with E-state index < -0.39 is 34.9 Å². The number of esters is 1. The van der Waals surface area contributed by atoms with Crippen molar-refractivity contribution < 1.29 is 38.0 Å². The first-order chi connectivity index (χ1) is 17.4. The molecule has 5 aliphatic rings. The molecule has 188 valence electrons. The summed E-state index contributed by atoms with van der Waals surface area (Å²) in [5.74, 6) is -0.554. The lowest BCUT2D eigenvalue weighted by Gasteiger charge is -2.61. The summed E-state index contributed by atoms with van der Waals surface area (Å²) in [6.45, 7) is 0.145. The molecule has 2 aromatic rings. The highest BCUT2D eigenvalue weighted by Crippen LogP contribution is 2.72. The molecule has 1 amide bonds. The van der Waals surface area contributed by atoms with Gasteiger partial charge in [0.2, 0.25) is 18.5 Å². The Kier molecular flexibility index (Phi) is 4.43. The summed E-state index contributed by atoms with van der Waals surface area (Å²) in [6.07, 6.45) is -0.728. The molecule has 1 spiro atoms. The van der Waals surface area contributed by atoms with Crippen molar-refractivity contribution >= 4 is 11.9 Å². The van der Waals surface area contributed by atoms with Crippen LogP contribution in [0.15, 0.2) is 42.5 Å². The van der Waals surface area contributed by atoms with Gasteiger partial charge in [-0.3, -0.25) is 4.79 Å². The monoisotopic (exact) mass is 493 g/mol. The average Bonchev–Trinajstić information content (AvgIpc) is 3.55. The van der Waals surface area contributed by atoms with E-state index in [1.54, 1.807) is 43.4 Å². The Morgan fingerprint density at radius 3 is 2.56 bits per heavy atom. The predicted molar refractivity (Wildman–Crippen MR) is 124 cm³/mol. The van der Waals surface area contributed by atoms with Crippen LogP contribution in [0.4, 0.5) is 0 Å². The van der Waals surface area contributed by atoms with Crippen molar-refractivity contribution in [1.82, 2.24) is 4.90 Å². The molecular formula is C27H27NO8. The van der Waals surface area contributed by atoms with Gasteiger partial charge in [0.05, 0.1) is 11.7 Å². The van der Waals surface area contributed by atoms with Gasteiger partial charge in [-0.25, -0.2) is 4.79 Å². The van der Waals surface area contributed by atoms with E-state index in [9.17, 15) is 9.59 Å². The average molecular weight is 494 g/mol. The second kappa shape index (κ2) is 7.21. The molecule has 0 aromatic heterocycles. The van der Waals surface area contributed by atoms with E-state index in [1.165, 1.54) is 0 Å². The van der Waals surface area contributed by atoms with E-state index >= 15 is 0 Å². The van der Waals surface area contributed by atoms with Gasteiger partial charge in [0.1, 0.15) is 11.6 Å². The summed E-state index contributed by atoms with van der Waals surface area (Å²) in [6, 6.07) is 12.8. The van der Waals surface area contributed by atoms with Crippen LogP contribution in [0.5, 0.6) is 11.5 Å². The van der Waals surface area contributed by atoms with Gasteiger partial charge in [0, 0.05) is 39.5 Å². The third-order valence-corrected chi connectivity index (χ3v) is 9.06. The zero-order chi connectivity index (χ0) is 24.9. The molecule has 2 aliphatic carbocycles. The Morgan fingerprint density at radius 2 is 1.83 bits per heavy atom. The Bertz CT molecular complexity index is 1280. The fourth-order valence-corrected chi connectivity index (χ4v) is 7.72. The molecule has 3 aliphatic heterocycles. The van der Waals surface area contributed by atoms with Crippen molar-refractivity contribution in [3.05, 3.63) is 59.2 Å². The molecule has 0 radical (unpaired) electrons. The van der Waals surface area contributed by atoms with Crippen LogP contribution in [0.1, 0.15) is 46.9 Å². The minimum atomic E-state index is -1.36. The number of hydrogen-bond acceptors (Lipinski definition) is 8. The summed E-state index contributed by atoms with van der Waals surface area (Å²) >= 11 is 0. The van der Waals surface area contributed by atoms with Gasteiger partial charge in [-0.05, 0) is 41.8 Å². The van der Waals surface area contributed by atoms with Crippen molar-refractivity contribution in [2.45, 2.75) is 54.3 Å². The maximum Gasteiger partial charge on any atom is 0.338 e. The van der Waals surface area contributed by atoms with Crippen molar-refractivity contribution in [3.63, 3.8) is 0 Å². The fraction of sp³-hybridized carbons (Fsp3) is 0.481. The molecule has 3 fully saturated rings. The number of likely N-dealkylation sites (tertiary alicyclic amines) is 1. The lowest BCUT2D eigenvalue weighted by atomic mass is 9.50. The summed E-state index contributed by atoms with van der Waals surface area (Å²) in [5.41, 5.74) is 0.729. The first kappa shape index (κ1) is 22.1. The lowest BCUT2D eigenvalue weighted by Crippen LogP contribution is -2.78. The standard InChI is InChI=1S/C27H27NO8/c1-28-22(29)13-25-11-21(35-24(30)15-7-5-4-6-8-15)23(31-2)27(32-3)26(25,28)12-20(36-27)16-9-18-19(10-17(16)25)34-14-33-18/h4-10,20-21,23H,11-14H2,1-3H3.